The molecule has 5 aliphatic rings. The maximum absolute atomic E-state index is 12.4. The number of carbonyl (C=O) groups excluding carboxylic acids is 1. The Bertz CT molecular complexity index is 875. The molecule has 5 nitrogen and oxygen atoms in total. The molecule has 0 N–H and O–H groups in total. The first-order valence-corrected chi connectivity index (χ1v) is 16.1. The summed E-state index contributed by atoms with van der Waals surface area (Å²) in [7, 11) is 1.56. The fraction of sp³-hybridized carbons (Fsp3) is 0.970. The highest BCUT2D eigenvalue weighted by atomic mass is 16.6. The third-order valence-corrected chi connectivity index (χ3v) is 13.5. The van der Waals surface area contributed by atoms with Crippen molar-refractivity contribution in [1.29, 1.82) is 0 Å². The van der Waals surface area contributed by atoms with Crippen molar-refractivity contribution >= 4 is 6.29 Å². The molecule has 1 aliphatic heterocycles. The van der Waals surface area contributed by atoms with Crippen LogP contribution in [0.5, 0.6) is 0 Å². The molecule has 0 bridgehead atoms. The van der Waals surface area contributed by atoms with Gasteiger partial charge in [0.15, 0.2) is 6.29 Å². The van der Waals surface area contributed by atoms with Gasteiger partial charge in [0.25, 0.3) is 0 Å². The molecule has 1 saturated heterocycles. The Kier molecular flexibility index (Phi) is 7.71. The zero-order valence-electron chi connectivity index (χ0n) is 25.6. The van der Waals surface area contributed by atoms with E-state index in [9.17, 15) is 10.0 Å². The lowest BCUT2D eigenvalue weighted by atomic mass is 9.38. The SMILES string of the molecule is CC(C)CCC[C@@H](C)[C@H]1CC[C@H]2[C@@H]3CC4OC45C[C@@H](OCC[N+](C)([O-])CC=O)CC[C@]5(C)[C@@]3(C)CC[C@]12C. The average Bonchev–Trinajstić information content (AvgIpc) is 3.41. The number of ether oxygens (including phenoxy) is 2. The maximum atomic E-state index is 12.4. The van der Waals surface area contributed by atoms with Gasteiger partial charge in [-0.05, 0) is 85.4 Å². The minimum Gasteiger partial charge on any atom is -0.633 e. The standard InChI is InChI=1S/C33H57NO4/c1-23(2)9-8-10-24(3)26-11-12-27-28-21-29-33(38-29)22-25(37-20-18-34(7,36)17-19-35)13-14-32(33,6)31(28,5)16-15-30(26,27)4/h19,23-29H,8-18,20-22H2,1-7H3/t24-,25+,26-,27+,28+,29?,30-,31+,32-,33?,34?/m1/s1. The van der Waals surface area contributed by atoms with Crippen LogP contribution < -0.4 is 0 Å². The van der Waals surface area contributed by atoms with Crippen LogP contribution >= 0.6 is 0 Å². The minimum absolute atomic E-state index is 0.00136. The number of hydrogen-bond donors (Lipinski definition) is 0. The molecule has 0 amide bonds. The number of quaternary nitrogens is 1. The van der Waals surface area contributed by atoms with E-state index in [4.69, 9.17) is 9.47 Å². The largest absolute Gasteiger partial charge is 0.633 e. The maximum Gasteiger partial charge on any atom is 0.174 e. The number of likely N-dealkylation sites (N-methyl/N-ethyl adjacent to an activating group) is 1. The van der Waals surface area contributed by atoms with Gasteiger partial charge in [0, 0.05) is 11.8 Å². The molecule has 3 unspecified atom stereocenters. The topological polar surface area (TPSA) is 61.9 Å². The summed E-state index contributed by atoms with van der Waals surface area (Å²) in [6.07, 6.45) is 15.5. The molecule has 4 saturated carbocycles. The summed E-state index contributed by atoms with van der Waals surface area (Å²) in [6, 6.07) is 0. The fourth-order valence-electron chi connectivity index (χ4n) is 10.8. The molecule has 1 heterocycles. The Hall–Kier alpha value is -0.490. The van der Waals surface area contributed by atoms with Crippen LogP contribution in [0.2, 0.25) is 0 Å². The summed E-state index contributed by atoms with van der Waals surface area (Å²) < 4.78 is 12.5. The number of rotatable bonds is 11. The van der Waals surface area contributed by atoms with Crippen LogP contribution in [0.1, 0.15) is 112 Å². The first-order chi connectivity index (χ1) is 17.8. The second kappa shape index (κ2) is 10.1. The van der Waals surface area contributed by atoms with Crippen molar-refractivity contribution < 1.29 is 18.9 Å². The van der Waals surface area contributed by atoms with E-state index in [-0.39, 0.29) is 23.7 Å². The number of epoxide rings is 1. The number of hydroxylamine groups is 3. The summed E-state index contributed by atoms with van der Waals surface area (Å²) in [6.45, 7) is 16.0. The van der Waals surface area contributed by atoms with Gasteiger partial charge in [0.05, 0.1) is 25.9 Å². The summed E-state index contributed by atoms with van der Waals surface area (Å²) in [5, 5.41) is 12.4. The Morgan fingerprint density at radius 1 is 1.05 bits per heavy atom. The van der Waals surface area contributed by atoms with Gasteiger partial charge >= 0.3 is 0 Å². The second-order valence-electron chi connectivity index (χ2n) is 15.8. The molecule has 5 heteroatoms. The lowest BCUT2D eigenvalue weighted by molar-refractivity contribution is -0.852. The molecule has 1 spiro atoms. The highest BCUT2D eigenvalue weighted by Crippen LogP contribution is 2.78. The third kappa shape index (κ3) is 4.54. The number of carbonyl (C=O) groups is 1. The number of aldehydes is 1. The predicted molar refractivity (Wildman–Crippen MR) is 152 cm³/mol. The summed E-state index contributed by atoms with van der Waals surface area (Å²) in [5.41, 5.74) is 1.00. The van der Waals surface area contributed by atoms with Crippen LogP contribution in [-0.2, 0) is 14.3 Å². The van der Waals surface area contributed by atoms with E-state index in [1.165, 1.54) is 51.4 Å². The summed E-state index contributed by atoms with van der Waals surface area (Å²) >= 11 is 0. The van der Waals surface area contributed by atoms with E-state index in [0.717, 1.165) is 55.1 Å². The molecule has 38 heavy (non-hydrogen) atoms. The third-order valence-electron chi connectivity index (χ3n) is 13.5. The van der Waals surface area contributed by atoms with Gasteiger partial charge < -0.3 is 19.3 Å². The van der Waals surface area contributed by atoms with Gasteiger partial charge in [-0.25, -0.2) is 0 Å². The van der Waals surface area contributed by atoms with Gasteiger partial charge in [0.2, 0.25) is 0 Å². The van der Waals surface area contributed by atoms with Crippen molar-refractivity contribution in [2.75, 3.05) is 26.7 Å². The number of fused-ring (bicyclic) bond motifs is 4. The van der Waals surface area contributed by atoms with Crippen LogP contribution in [0.25, 0.3) is 0 Å². The summed E-state index contributed by atoms with van der Waals surface area (Å²) in [5.74, 6) is 4.17. The fourth-order valence-corrected chi connectivity index (χ4v) is 10.8. The molecule has 5 rings (SSSR count). The quantitative estimate of drug-likeness (QED) is 0.123. The van der Waals surface area contributed by atoms with Crippen molar-refractivity contribution in [3.63, 3.8) is 0 Å². The molecular weight excluding hydrogens is 474 g/mol. The van der Waals surface area contributed by atoms with Crippen molar-refractivity contribution in [3.05, 3.63) is 5.21 Å². The van der Waals surface area contributed by atoms with Crippen molar-refractivity contribution in [2.45, 2.75) is 130 Å². The first-order valence-electron chi connectivity index (χ1n) is 16.1. The zero-order chi connectivity index (χ0) is 27.6. The van der Waals surface area contributed by atoms with Crippen LogP contribution in [0.15, 0.2) is 0 Å². The predicted octanol–water partition coefficient (Wildman–Crippen LogP) is 7.16. The molecule has 5 fully saturated rings. The monoisotopic (exact) mass is 531 g/mol. The number of nitrogens with zero attached hydrogens (tertiary/aromatic N) is 1. The van der Waals surface area contributed by atoms with Gasteiger partial charge in [0.1, 0.15) is 18.7 Å². The second-order valence-corrected chi connectivity index (χ2v) is 15.8. The van der Waals surface area contributed by atoms with Crippen LogP contribution in [0.3, 0.4) is 0 Å². The Balaban J connectivity index is 1.26. The zero-order valence-corrected chi connectivity index (χ0v) is 25.6. The Morgan fingerprint density at radius 2 is 1.82 bits per heavy atom. The van der Waals surface area contributed by atoms with Crippen molar-refractivity contribution in [2.24, 2.45) is 45.8 Å². The van der Waals surface area contributed by atoms with Gasteiger partial charge in [-0.2, -0.15) is 0 Å². The van der Waals surface area contributed by atoms with Crippen LogP contribution in [0, 0.1) is 51.0 Å². The first kappa shape index (κ1) is 29.0. The lowest BCUT2D eigenvalue weighted by Gasteiger charge is -2.65. The van der Waals surface area contributed by atoms with Crippen molar-refractivity contribution in [3.8, 4) is 0 Å². The van der Waals surface area contributed by atoms with E-state index < -0.39 is 4.65 Å². The molecule has 0 aromatic heterocycles. The minimum atomic E-state index is -0.546. The van der Waals surface area contributed by atoms with E-state index in [2.05, 4.69) is 41.5 Å². The lowest BCUT2D eigenvalue weighted by Crippen LogP contribution is -2.64. The smallest absolute Gasteiger partial charge is 0.174 e. The summed E-state index contributed by atoms with van der Waals surface area (Å²) in [4.78, 5) is 10.8. The van der Waals surface area contributed by atoms with Crippen LogP contribution in [-0.4, -0.2) is 55.5 Å². The molecule has 0 radical (unpaired) electrons. The number of hydrogen-bond acceptors (Lipinski definition) is 4. The molecule has 218 valence electrons. The molecule has 4 aliphatic carbocycles. The normalized spacial score (nSPS) is 47.9. The van der Waals surface area contributed by atoms with E-state index in [0.29, 0.717) is 30.1 Å². The van der Waals surface area contributed by atoms with E-state index in [1.807, 2.05) is 0 Å². The van der Waals surface area contributed by atoms with Crippen LogP contribution in [0.4, 0.5) is 0 Å². The van der Waals surface area contributed by atoms with E-state index >= 15 is 0 Å². The molecule has 0 aromatic carbocycles. The van der Waals surface area contributed by atoms with E-state index in [1.54, 1.807) is 7.05 Å². The van der Waals surface area contributed by atoms with Gasteiger partial charge in [-0.3, -0.25) is 4.79 Å². The highest BCUT2D eigenvalue weighted by molar-refractivity contribution is 5.50. The molecule has 0 aromatic rings. The molecular formula is C33H57NO4. The Morgan fingerprint density at radius 3 is 2.53 bits per heavy atom. The van der Waals surface area contributed by atoms with Gasteiger partial charge in [-0.15, -0.1) is 0 Å². The molecule has 11 atom stereocenters. The van der Waals surface area contributed by atoms with Crippen molar-refractivity contribution in [1.82, 2.24) is 0 Å². The van der Waals surface area contributed by atoms with Gasteiger partial charge in [-0.1, -0.05) is 60.8 Å². The highest BCUT2D eigenvalue weighted by Gasteiger charge is 2.79. The average molecular weight is 532 g/mol. The Labute approximate surface area is 232 Å².